The molecule has 1 amide bonds. The van der Waals surface area contributed by atoms with E-state index >= 15 is 0 Å². The Morgan fingerprint density at radius 3 is 2.45 bits per heavy atom. The first kappa shape index (κ1) is 20.9. The Morgan fingerprint density at radius 1 is 1.14 bits per heavy atom. The number of rotatable bonds is 5. The van der Waals surface area contributed by atoms with E-state index in [1.165, 1.54) is 12.1 Å². The lowest BCUT2D eigenvalue weighted by Gasteiger charge is -2.25. The molecule has 0 fully saturated rings. The highest BCUT2D eigenvalue weighted by Crippen LogP contribution is 2.34. The smallest absolute Gasteiger partial charge is 0.406 e. The quantitative estimate of drug-likeness (QED) is 0.752. The first-order valence-corrected chi connectivity index (χ1v) is 8.60. The molecule has 1 aliphatic rings. The van der Waals surface area contributed by atoms with Gasteiger partial charge < -0.3 is 14.6 Å². The minimum absolute atomic E-state index is 0.0161. The summed E-state index contributed by atoms with van der Waals surface area (Å²) in [5, 5.41) is 10.2. The number of halogens is 6. The molecule has 1 aromatic carbocycles. The van der Waals surface area contributed by atoms with E-state index in [4.69, 9.17) is 0 Å². The van der Waals surface area contributed by atoms with Crippen molar-refractivity contribution in [3.63, 3.8) is 0 Å². The fourth-order valence-corrected chi connectivity index (χ4v) is 3.03. The van der Waals surface area contributed by atoms with Gasteiger partial charge in [-0.1, -0.05) is 12.1 Å². The predicted molar refractivity (Wildman–Crippen MR) is 86.6 cm³/mol. The molecule has 0 aliphatic carbocycles. The number of aromatic nitrogens is 3. The molecule has 0 radical (unpaired) electrons. The first-order chi connectivity index (χ1) is 13.5. The van der Waals surface area contributed by atoms with Gasteiger partial charge in [0, 0.05) is 13.0 Å². The fourth-order valence-electron chi connectivity index (χ4n) is 3.03. The average molecular weight is 422 g/mol. The van der Waals surface area contributed by atoms with Crippen molar-refractivity contribution >= 4 is 5.91 Å². The second-order valence-electron chi connectivity index (χ2n) is 6.56. The maximum absolute atomic E-state index is 12.8. The molecule has 0 spiro atoms. The van der Waals surface area contributed by atoms with Crippen molar-refractivity contribution in [2.24, 2.45) is 5.92 Å². The minimum atomic E-state index is -4.80. The summed E-state index contributed by atoms with van der Waals surface area (Å²) in [4.78, 5) is 12.0. The number of nitrogens with one attached hydrogen (secondary N) is 1. The standard InChI is InChI=1S/C17H16F6N4O2/c18-16(19,20)11-5-6-27-13(8-11)25-26-14(27)9-24-15(28)7-10-1-3-12(4-2-10)29-17(21,22)23/h1-4,11H,5-9H2,(H,24,28)/t11-/m0/s1. The van der Waals surface area contributed by atoms with E-state index in [0.717, 1.165) is 12.1 Å². The Hall–Kier alpha value is -2.79. The lowest BCUT2D eigenvalue weighted by atomic mass is 9.97. The van der Waals surface area contributed by atoms with Gasteiger partial charge in [-0.2, -0.15) is 13.2 Å². The zero-order chi connectivity index (χ0) is 21.2. The number of amides is 1. The minimum Gasteiger partial charge on any atom is -0.406 e. The molecule has 158 valence electrons. The van der Waals surface area contributed by atoms with Gasteiger partial charge in [0.1, 0.15) is 11.6 Å². The number of carbonyl (C=O) groups excluding carboxylic acids is 1. The van der Waals surface area contributed by atoms with Crippen molar-refractivity contribution in [3.8, 4) is 5.75 Å². The van der Waals surface area contributed by atoms with Gasteiger partial charge in [-0.25, -0.2) is 0 Å². The highest BCUT2D eigenvalue weighted by molar-refractivity contribution is 5.78. The summed E-state index contributed by atoms with van der Waals surface area (Å²) >= 11 is 0. The Labute approximate surface area is 160 Å². The van der Waals surface area contributed by atoms with Crippen molar-refractivity contribution < 1.29 is 35.9 Å². The molecule has 29 heavy (non-hydrogen) atoms. The molecule has 1 aromatic heterocycles. The zero-order valence-corrected chi connectivity index (χ0v) is 14.8. The summed E-state index contributed by atoms with van der Waals surface area (Å²) in [5.74, 6) is -1.69. The van der Waals surface area contributed by atoms with Crippen LogP contribution in [0.3, 0.4) is 0 Å². The Balaban J connectivity index is 1.52. The molecule has 1 N–H and O–H groups in total. The second-order valence-corrected chi connectivity index (χ2v) is 6.56. The third-order valence-corrected chi connectivity index (χ3v) is 4.46. The maximum atomic E-state index is 12.8. The summed E-state index contributed by atoms with van der Waals surface area (Å²) in [6, 6.07) is 4.86. The van der Waals surface area contributed by atoms with Crippen LogP contribution in [0.25, 0.3) is 0 Å². The van der Waals surface area contributed by atoms with Gasteiger partial charge in [0.25, 0.3) is 0 Å². The molecule has 0 bridgehead atoms. The Kier molecular flexibility index (Phi) is 5.71. The molecule has 12 heteroatoms. The molecule has 0 saturated carbocycles. The molecule has 2 aromatic rings. The molecule has 0 saturated heterocycles. The predicted octanol–water partition coefficient (Wildman–Crippen LogP) is 3.16. The van der Waals surface area contributed by atoms with Crippen LogP contribution in [0.15, 0.2) is 24.3 Å². The van der Waals surface area contributed by atoms with Crippen LogP contribution in [0.1, 0.15) is 23.6 Å². The van der Waals surface area contributed by atoms with E-state index in [0.29, 0.717) is 11.4 Å². The van der Waals surface area contributed by atoms with Crippen molar-refractivity contribution in [2.45, 2.75) is 44.9 Å². The summed E-state index contributed by atoms with van der Waals surface area (Å²) in [6.07, 6.45) is -9.51. The summed E-state index contributed by atoms with van der Waals surface area (Å²) in [7, 11) is 0. The number of nitrogens with zero attached hydrogens (tertiary/aromatic N) is 3. The van der Waals surface area contributed by atoms with Crippen LogP contribution in [0, 0.1) is 5.92 Å². The lowest BCUT2D eigenvalue weighted by molar-refractivity contribution is -0.274. The van der Waals surface area contributed by atoms with Crippen molar-refractivity contribution in [1.82, 2.24) is 20.1 Å². The van der Waals surface area contributed by atoms with E-state index in [9.17, 15) is 31.1 Å². The van der Waals surface area contributed by atoms with Crippen LogP contribution < -0.4 is 10.1 Å². The zero-order valence-electron chi connectivity index (χ0n) is 14.8. The maximum Gasteiger partial charge on any atom is 0.573 e. The number of fused-ring (bicyclic) bond motifs is 1. The van der Waals surface area contributed by atoms with Gasteiger partial charge in [-0.15, -0.1) is 23.4 Å². The molecule has 3 rings (SSSR count). The molecule has 1 aliphatic heterocycles. The van der Waals surface area contributed by atoms with Crippen LogP contribution in [0.5, 0.6) is 5.75 Å². The molecule has 6 nitrogen and oxygen atoms in total. The van der Waals surface area contributed by atoms with Gasteiger partial charge in [-0.3, -0.25) is 4.79 Å². The van der Waals surface area contributed by atoms with Crippen molar-refractivity contribution in [1.29, 1.82) is 0 Å². The third-order valence-electron chi connectivity index (χ3n) is 4.46. The van der Waals surface area contributed by atoms with Crippen LogP contribution in [-0.4, -0.2) is 33.2 Å². The fraction of sp³-hybridized carbons (Fsp3) is 0.471. The molecule has 0 unspecified atom stereocenters. The van der Waals surface area contributed by atoms with Crippen molar-refractivity contribution in [2.75, 3.05) is 0 Å². The van der Waals surface area contributed by atoms with E-state index in [1.807, 2.05) is 0 Å². The largest absolute Gasteiger partial charge is 0.573 e. The summed E-state index contributed by atoms with van der Waals surface area (Å²) in [6.45, 7) is 0.0934. The summed E-state index contributed by atoms with van der Waals surface area (Å²) < 4.78 is 80.2. The number of hydrogen-bond donors (Lipinski definition) is 1. The normalized spacial score (nSPS) is 17.0. The monoisotopic (exact) mass is 422 g/mol. The number of ether oxygens (including phenoxy) is 1. The highest BCUT2D eigenvalue weighted by atomic mass is 19.4. The van der Waals surface area contributed by atoms with Gasteiger partial charge in [0.15, 0.2) is 5.82 Å². The van der Waals surface area contributed by atoms with Gasteiger partial charge >= 0.3 is 12.5 Å². The van der Waals surface area contributed by atoms with Crippen molar-refractivity contribution in [3.05, 3.63) is 41.5 Å². The van der Waals surface area contributed by atoms with Crippen LogP contribution in [-0.2, 0) is 30.7 Å². The van der Waals surface area contributed by atoms with E-state index < -0.39 is 30.1 Å². The van der Waals surface area contributed by atoms with E-state index in [1.54, 1.807) is 4.57 Å². The lowest BCUT2D eigenvalue weighted by Crippen LogP contribution is -2.32. The van der Waals surface area contributed by atoms with Gasteiger partial charge in [-0.05, 0) is 24.1 Å². The third kappa shape index (κ3) is 5.61. The van der Waals surface area contributed by atoms with Crippen LogP contribution in [0.4, 0.5) is 26.3 Å². The SMILES string of the molecule is O=C(Cc1ccc(OC(F)(F)F)cc1)NCc1nnc2n1CC[C@H](C(F)(F)F)C2. The van der Waals surface area contributed by atoms with E-state index in [-0.39, 0.29) is 38.2 Å². The van der Waals surface area contributed by atoms with Crippen LogP contribution >= 0.6 is 0 Å². The molecule has 1 atom stereocenters. The Bertz CT molecular complexity index is 860. The average Bonchev–Trinajstić information content (AvgIpc) is 3.02. The number of carbonyl (C=O) groups is 1. The van der Waals surface area contributed by atoms with Crippen LogP contribution in [0.2, 0.25) is 0 Å². The first-order valence-electron chi connectivity index (χ1n) is 8.60. The number of hydrogen-bond acceptors (Lipinski definition) is 4. The molecular formula is C17H16F6N4O2. The topological polar surface area (TPSA) is 69.0 Å². The van der Waals surface area contributed by atoms with E-state index in [2.05, 4.69) is 20.3 Å². The number of benzene rings is 1. The van der Waals surface area contributed by atoms with Gasteiger partial charge in [0.05, 0.1) is 18.9 Å². The highest BCUT2D eigenvalue weighted by Gasteiger charge is 2.42. The summed E-state index contributed by atoms with van der Waals surface area (Å²) in [5.41, 5.74) is 0.466. The number of alkyl halides is 6. The van der Waals surface area contributed by atoms with Gasteiger partial charge in [0.2, 0.25) is 5.91 Å². The second kappa shape index (κ2) is 7.91. The Morgan fingerprint density at radius 2 is 1.83 bits per heavy atom. The molecule has 2 heterocycles. The molecular weight excluding hydrogens is 406 g/mol.